The van der Waals surface area contributed by atoms with Crippen LogP contribution in [0.15, 0.2) is 42.5 Å². The molecule has 5 heteroatoms. The van der Waals surface area contributed by atoms with E-state index in [1.165, 1.54) is 11.1 Å². The minimum Gasteiger partial charge on any atom is -0.491 e. The molecule has 2 aromatic carbocycles. The van der Waals surface area contributed by atoms with Gasteiger partial charge in [0.2, 0.25) is 0 Å². The summed E-state index contributed by atoms with van der Waals surface area (Å²) in [5, 5.41) is 10.3. The molecule has 1 atom stereocenters. The molecular weight excluding hydrogens is 376 g/mol. The molecule has 3 rings (SSSR count). The van der Waals surface area contributed by atoms with E-state index in [0.29, 0.717) is 26.1 Å². The number of hydrogen-bond acceptors (Lipinski definition) is 5. The van der Waals surface area contributed by atoms with Crippen LogP contribution in [0.4, 0.5) is 0 Å². The maximum Gasteiger partial charge on any atom is 0.151 e. The maximum atomic E-state index is 12.6. The Bertz CT molecular complexity index is 824. The Hall–Kier alpha value is -2.21. The lowest BCUT2D eigenvalue weighted by Crippen LogP contribution is -2.50. The van der Waals surface area contributed by atoms with E-state index >= 15 is 0 Å². The standard InChI is InChI=1S/C25H34N2O3/c1-19-8-6-9-20(2)24(19)15-22(28)16-26-11-13-27(14-12-26)17-23(29)18-30-25-10-5-4-7-21(25)3/h4-10,23,29H,11-18H2,1-3H3. The van der Waals surface area contributed by atoms with Crippen LogP contribution in [0.1, 0.15) is 22.3 Å². The number of carbonyl (C=O) groups excluding carboxylic acids is 1. The van der Waals surface area contributed by atoms with E-state index in [4.69, 9.17) is 4.74 Å². The Morgan fingerprint density at radius 3 is 2.20 bits per heavy atom. The van der Waals surface area contributed by atoms with Gasteiger partial charge in [-0.2, -0.15) is 0 Å². The van der Waals surface area contributed by atoms with Gasteiger partial charge < -0.3 is 9.84 Å². The predicted molar refractivity (Wildman–Crippen MR) is 120 cm³/mol. The second-order valence-electron chi connectivity index (χ2n) is 8.39. The Labute approximate surface area is 180 Å². The van der Waals surface area contributed by atoms with Crippen molar-refractivity contribution >= 4 is 5.78 Å². The lowest BCUT2D eigenvalue weighted by molar-refractivity contribution is -0.120. The summed E-state index contributed by atoms with van der Waals surface area (Å²) in [5.41, 5.74) is 4.62. The molecule has 1 aliphatic rings. The number of piperazine rings is 1. The van der Waals surface area contributed by atoms with E-state index in [2.05, 4.69) is 35.8 Å². The molecule has 0 saturated carbocycles. The number of nitrogens with zero attached hydrogens (tertiary/aromatic N) is 2. The summed E-state index contributed by atoms with van der Waals surface area (Å²) in [6.45, 7) is 11.0. The highest BCUT2D eigenvalue weighted by Gasteiger charge is 2.21. The Kier molecular flexibility index (Phi) is 8.02. The van der Waals surface area contributed by atoms with Crippen molar-refractivity contribution in [3.05, 3.63) is 64.7 Å². The molecule has 5 nitrogen and oxygen atoms in total. The van der Waals surface area contributed by atoms with E-state index in [9.17, 15) is 9.90 Å². The van der Waals surface area contributed by atoms with Gasteiger partial charge in [0.25, 0.3) is 0 Å². The van der Waals surface area contributed by atoms with Crippen LogP contribution in [0.5, 0.6) is 5.75 Å². The fourth-order valence-corrected chi connectivity index (χ4v) is 4.02. The number of carbonyl (C=O) groups is 1. The summed E-state index contributed by atoms with van der Waals surface area (Å²) in [7, 11) is 0. The fraction of sp³-hybridized carbons (Fsp3) is 0.480. The molecule has 1 unspecified atom stereocenters. The van der Waals surface area contributed by atoms with Gasteiger partial charge in [0.05, 0.1) is 6.54 Å². The van der Waals surface area contributed by atoms with Gasteiger partial charge in [0.15, 0.2) is 5.78 Å². The average molecular weight is 411 g/mol. The molecule has 1 aliphatic heterocycles. The summed E-state index contributed by atoms with van der Waals surface area (Å²) in [5.74, 6) is 1.09. The zero-order valence-electron chi connectivity index (χ0n) is 18.4. The molecule has 1 heterocycles. The lowest BCUT2D eigenvalue weighted by Gasteiger charge is -2.35. The molecule has 2 aromatic rings. The van der Waals surface area contributed by atoms with E-state index in [0.717, 1.165) is 43.1 Å². The molecule has 0 radical (unpaired) electrons. The Balaban J connectivity index is 1.38. The van der Waals surface area contributed by atoms with Crippen LogP contribution in [0.3, 0.4) is 0 Å². The molecule has 0 aliphatic carbocycles. The number of hydrogen-bond donors (Lipinski definition) is 1. The second kappa shape index (κ2) is 10.7. The largest absolute Gasteiger partial charge is 0.491 e. The zero-order valence-corrected chi connectivity index (χ0v) is 18.4. The Morgan fingerprint density at radius 2 is 1.53 bits per heavy atom. The number of para-hydroxylation sites is 1. The fourth-order valence-electron chi connectivity index (χ4n) is 4.02. The van der Waals surface area contributed by atoms with Crippen molar-refractivity contribution in [1.82, 2.24) is 9.80 Å². The highest BCUT2D eigenvalue weighted by molar-refractivity contribution is 5.83. The van der Waals surface area contributed by atoms with Gasteiger partial charge in [0, 0.05) is 39.1 Å². The third-order valence-corrected chi connectivity index (χ3v) is 5.88. The molecule has 0 spiro atoms. The molecule has 0 aromatic heterocycles. The van der Waals surface area contributed by atoms with Crippen LogP contribution in [-0.2, 0) is 11.2 Å². The molecular formula is C25H34N2O3. The second-order valence-corrected chi connectivity index (χ2v) is 8.39. The van der Waals surface area contributed by atoms with Gasteiger partial charge in [-0.3, -0.25) is 14.6 Å². The third-order valence-electron chi connectivity index (χ3n) is 5.88. The van der Waals surface area contributed by atoms with Gasteiger partial charge in [-0.05, 0) is 49.1 Å². The summed E-state index contributed by atoms with van der Waals surface area (Å²) in [6.07, 6.45) is -0.0185. The van der Waals surface area contributed by atoms with Crippen molar-refractivity contribution in [1.29, 1.82) is 0 Å². The van der Waals surface area contributed by atoms with Gasteiger partial charge >= 0.3 is 0 Å². The number of β-amino-alcohol motifs (C(OH)–C–C–N with tert-alkyl or cyclic N) is 1. The summed E-state index contributed by atoms with van der Waals surface area (Å²) in [6, 6.07) is 14.0. The number of ketones is 1. The van der Waals surface area contributed by atoms with E-state index in [1.54, 1.807) is 0 Å². The first-order valence-corrected chi connectivity index (χ1v) is 10.8. The first-order valence-electron chi connectivity index (χ1n) is 10.8. The highest BCUT2D eigenvalue weighted by Crippen LogP contribution is 2.17. The third kappa shape index (κ3) is 6.39. The number of aliphatic hydroxyl groups excluding tert-OH is 1. The number of Topliss-reactive ketones (excluding diaryl/α,β-unsaturated/α-hetero) is 1. The minimum atomic E-state index is -0.526. The van der Waals surface area contributed by atoms with Crippen molar-refractivity contribution in [2.45, 2.75) is 33.3 Å². The molecule has 1 N–H and O–H groups in total. The van der Waals surface area contributed by atoms with Crippen molar-refractivity contribution in [3.63, 3.8) is 0 Å². The molecule has 1 fully saturated rings. The number of rotatable bonds is 9. The van der Waals surface area contributed by atoms with Gasteiger partial charge in [-0.15, -0.1) is 0 Å². The van der Waals surface area contributed by atoms with Crippen molar-refractivity contribution in [3.8, 4) is 5.75 Å². The number of benzene rings is 2. The number of aryl methyl sites for hydroxylation is 3. The minimum absolute atomic E-state index is 0.271. The van der Waals surface area contributed by atoms with Crippen LogP contribution in [0.25, 0.3) is 0 Å². The van der Waals surface area contributed by atoms with Crippen molar-refractivity contribution in [2.24, 2.45) is 0 Å². The highest BCUT2D eigenvalue weighted by atomic mass is 16.5. The SMILES string of the molecule is Cc1ccccc1OCC(O)CN1CCN(CC(=O)Cc2c(C)cccc2C)CC1. The summed E-state index contributed by atoms with van der Waals surface area (Å²) >= 11 is 0. The van der Waals surface area contributed by atoms with Crippen LogP contribution < -0.4 is 4.74 Å². The summed E-state index contributed by atoms with van der Waals surface area (Å²) in [4.78, 5) is 17.1. The molecule has 30 heavy (non-hydrogen) atoms. The van der Waals surface area contributed by atoms with Crippen molar-refractivity contribution in [2.75, 3.05) is 45.9 Å². The van der Waals surface area contributed by atoms with Gasteiger partial charge in [0.1, 0.15) is 18.5 Å². The molecule has 1 saturated heterocycles. The monoisotopic (exact) mass is 410 g/mol. The van der Waals surface area contributed by atoms with E-state index in [1.807, 2.05) is 37.3 Å². The van der Waals surface area contributed by atoms with Gasteiger partial charge in [-0.1, -0.05) is 36.4 Å². The topological polar surface area (TPSA) is 53.0 Å². The Morgan fingerprint density at radius 1 is 0.933 bits per heavy atom. The van der Waals surface area contributed by atoms with Crippen LogP contribution >= 0.6 is 0 Å². The van der Waals surface area contributed by atoms with Gasteiger partial charge in [-0.25, -0.2) is 0 Å². The van der Waals surface area contributed by atoms with Crippen LogP contribution in [0, 0.1) is 20.8 Å². The molecule has 0 bridgehead atoms. The smallest absolute Gasteiger partial charge is 0.151 e. The van der Waals surface area contributed by atoms with E-state index in [-0.39, 0.29) is 5.78 Å². The zero-order chi connectivity index (χ0) is 21.5. The maximum absolute atomic E-state index is 12.6. The number of ether oxygens (including phenoxy) is 1. The first kappa shape index (κ1) is 22.5. The molecule has 162 valence electrons. The summed E-state index contributed by atoms with van der Waals surface area (Å²) < 4.78 is 5.76. The van der Waals surface area contributed by atoms with Crippen LogP contribution in [0.2, 0.25) is 0 Å². The number of aliphatic hydroxyl groups is 1. The predicted octanol–water partition coefficient (Wildman–Crippen LogP) is 2.78. The molecule has 0 amide bonds. The van der Waals surface area contributed by atoms with E-state index < -0.39 is 6.10 Å². The lowest BCUT2D eigenvalue weighted by atomic mass is 9.98. The quantitative estimate of drug-likeness (QED) is 0.689. The average Bonchev–Trinajstić information content (AvgIpc) is 2.72. The first-order chi connectivity index (χ1) is 14.4. The normalized spacial score (nSPS) is 16.4. The van der Waals surface area contributed by atoms with Crippen LogP contribution in [-0.4, -0.2) is 72.7 Å². The van der Waals surface area contributed by atoms with Crippen molar-refractivity contribution < 1.29 is 14.6 Å².